The van der Waals surface area contributed by atoms with Crippen LogP contribution in [0.25, 0.3) is 16.5 Å². The summed E-state index contributed by atoms with van der Waals surface area (Å²) in [5.74, 6) is 0.882. The number of aromatic amines is 1. The van der Waals surface area contributed by atoms with Gasteiger partial charge in [0.25, 0.3) is 0 Å². The molecule has 0 bridgehead atoms. The monoisotopic (exact) mass is 228 g/mol. The van der Waals surface area contributed by atoms with Crippen molar-refractivity contribution in [2.24, 2.45) is 5.92 Å². The summed E-state index contributed by atoms with van der Waals surface area (Å²) in [6.45, 7) is 4.09. The number of hydrogen-bond acceptors (Lipinski definition) is 2. The maximum atomic E-state index is 9.97. The minimum Gasteiger partial charge on any atom is -0.507 e. The average Bonchev–Trinajstić information content (AvgIpc) is 2.74. The number of H-pyrrole nitrogens is 1. The zero-order valence-electron chi connectivity index (χ0n) is 9.83. The van der Waals surface area contributed by atoms with Gasteiger partial charge in [-0.05, 0) is 23.6 Å². The minimum absolute atomic E-state index is 0.345. The number of aromatic nitrogens is 1. The van der Waals surface area contributed by atoms with Gasteiger partial charge in [0.05, 0.1) is 0 Å². The van der Waals surface area contributed by atoms with E-state index in [4.69, 9.17) is 0 Å². The molecule has 1 atom stereocenters. The first-order valence-corrected chi connectivity index (χ1v) is 5.96. The Hall–Kier alpha value is -1.74. The fourth-order valence-corrected chi connectivity index (χ4v) is 2.50. The van der Waals surface area contributed by atoms with Crippen LogP contribution in [0.1, 0.15) is 12.5 Å². The number of phenolic OH excluding ortho intramolecular Hbond substituents is 1. The second kappa shape index (κ2) is 3.93. The molecular formula is C14H16N2O. The molecule has 0 radical (unpaired) electrons. The number of fused-ring (bicyclic) bond motifs is 1. The first-order valence-electron chi connectivity index (χ1n) is 5.96. The summed E-state index contributed by atoms with van der Waals surface area (Å²) in [7, 11) is 0. The van der Waals surface area contributed by atoms with Crippen LogP contribution in [0.3, 0.4) is 0 Å². The Bertz CT molecular complexity index is 583. The molecule has 3 rings (SSSR count). The molecule has 1 aliphatic rings. The van der Waals surface area contributed by atoms with E-state index in [0.717, 1.165) is 29.6 Å². The lowest BCUT2D eigenvalue weighted by Gasteiger charge is -2.19. The maximum absolute atomic E-state index is 9.97. The molecule has 3 N–H and O–H groups in total. The summed E-state index contributed by atoms with van der Waals surface area (Å²) < 4.78 is 0. The van der Waals surface area contributed by atoms with Crippen molar-refractivity contribution >= 4 is 16.5 Å². The zero-order valence-corrected chi connectivity index (χ0v) is 9.83. The van der Waals surface area contributed by atoms with E-state index in [1.807, 2.05) is 18.3 Å². The van der Waals surface area contributed by atoms with Crippen molar-refractivity contribution in [1.82, 2.24) is 10.3 Å². The number of phenols is 1. The van der Waals surface area contributed by atoms with Crippen LogP contribution in [0, 0.1) is 5.92 Å². The van der Waals surface area contributed by atoms with Crippen LogP contribution in [-0.2, 0) is 0 Å². The normalized spacial score (nSPS) is 20.5. The van der Waals surface area contributed by atoms with Crippen LogP contribution >= 0.6 is 0 Å². The molecule has 1 aromatic carbocycles. The van der Waals surface area contributed by atoms with Gasteiger partial charge >= 0.3 is 0 Å². The molecule has 0 saturated carbocycles. The van der Waals surface area contributed by atoms with Gasteiger partial charge in [-0.15, -0.1) is 0 Å². The van der Waals surface area contributed by atoms with Crippen LogP contribution in [0.2, 0.25) is 0 Å². The van der Waals surface area contributed by atoms with Crippen molar-refractivity contribution in [1.29, 1.82) is 0 Å². The summed E-state index contributed by atoms with van der Waals surface area (Å²) >= 11 is 0. The SMILES string of the molecule is C[C@@H]1C=C(c2c[nH]c3cccc(O)c23)CNC1. The standard InChI is InChI=1S/C14H16N2O/c1-9-5-10(7-15-6-9)11-8-16-12-3-2-4-13(17)14(11)12/h2-5,8-9,15-17H,6-7H2,1H3/t9-/m1/s1. The number of aromatic hydroxyl groups is 1. The fourth-order valence-electron chi connectivity index (χ4n) is 2.50. The molecule has 1 aromatic heterocycles. The van der Waals surface area contributed by atoms with Crippen LogP contribution in [0.4, 0.5) is 0 Å². The Morgan fingerprint density at radius 2 is 2.24 bits per heavy atom. The summed E-state index contributed by atoms with van der Waals surface area (Å²) in [6, 6.07) is 5.58. The molecular weight excluding hydrogens is 212 g/mol. The topological polar surface area (TPSA) is 48.0 Å². The smallest absolute Gasteiger partial charge is 0.125 e. The van der Waals surface area contributed by atoms with Crippen LogP contribution in [0.5, 0.6) is 5.75 Å². The van der Waals surface area contributed by atoms with E-state index in [-0.39, 0.29) is 0 Å². The first kappa shape index (κ1) is 10.4. The summed E-state index contributed by atoms with van der Waals surface area (Å²) in [6.07, 6.45) is 4.27. The lowest BCUT2D eigenvalue weighted by molar-refractivity contribution is 0.481. The minimum atomic E-state index is 0.345. The Kier molecular flexibility index (Phi) is 2.41. The van der Waals surface area contributed by atoms with Gasteiger partial charge in [0, 0.05) is 35.8 Å². The van der Waals surface area contributed by atoms with Crippen molar-refractivity contribution in [3.05, 3.63) is 36.0 Å². The van der Waals surface area contributed by atoms with Gasteiger partial charge in [0.1, 0.15) is 5.75 Å². The van der Waals surface area contributed by atoms with E-state index >= 15 is 0 Å². The van der Waals surface area contributed by atoms with Crippen molar-refractivity contribution in [3.8, 4) is 5.75 Å². The van der Waals surface area contributed by atoms with Gasteiger partial charge in [-0.1, -0.05) is 19.1 Å². The Balaban J connectivity index is 2.18. The lowest BCUT2D eigenvalue weighted by atomic mass is 9.97. The van der Waals surface area contributed by atoms with Crippen molar-refractivity contribution in [2.45, 2.75) is 6.92 Å². The number of hydrogen-bond donors (Lipinski definition) is 3. The molecule has 17 heavy (non-hydrogen) atoms. The third-order valence-electron chi connectivity index (χ3n) is 3.30. The highest BCUT2D eigenvalue weighted by atomic mass is 16.3. The second-order valence-electron chi connectivity index (χ2n) is 4.70. The van der Waals surface area contributed by atoms with Crippen molar-refractivity contribution in [2.75, 3.05) is 13.1 Å². The zero-order chi connectivity index (χ0) is 11.8. The lowest BCUT2D eigenvalue weighted by Crippen LogP contribution is -2.26. The van der Waals surface area contributed by atoms with Gasteiger partial charge in [0.15, 0.2) is 0 Å². The van der Waals surface area contributed by atoms with Crippen molar-refractivity contribution < 1.29 is 5.11 Å². The summed E-state index contributed by atoms with van der Waals surface area (Å²) in [5, 5.41) is 14.3. The molecule has 0 spiro atoms. The second-order valence-corrected chi connectivity index (χ2v) is 4.70. The highest BCUT2D eigenvalue weighted by Crippen LogP contribution is 2.32. The highest BCUT2D eigenvalue weighted by Gasteiger charge is 2.15. The molecule has 0 amide bonds. The Morgan fingerprint density at radius 3 is 3.06 bits per heavy atom. The van der Waals surface area contributed by atoms with E-state index in [1.165, 1.54) is 5.57 Å². The predicted octanol–water partition coefficient (Wildman–Crippen LogP) is 2.50. The molecule has 2 heterocycles. The molecule has 88 valence electrons. The third kappa shape index (κ3) is 1.72. The van der Waals surface area contributed by atoms with Gasteiger partial charge in [-0.2, -0.15) is 0 Å². The largest absolute Gasteiger partial charge is 0.507 e. The molecule has 0 aliphatic carbocycles. The molecule has 0 fully saturated rings. The molecule has 3 heteroatoms. The summed E-state index contributed by atoms with van der Waals surface area (Å²) in [4.78, 5) is 3.21. The van der Waals surface area contributed by atoms with E-state index in [1.54, 1.807) is 6.07 Å². The summed E-state index contributed by atoms with van der Waals surface area (Å²) in [5.41, 5.74) is 3.35. The van der Waals surface area contributed by atoms with E-state index < -0.39 is 0 Å². The Labute approximate surface area is 100 Å². The predicted molar refractivity (Wildman–Crippen MR) is 70.0 cm³/mol. The first-order chi connectivity index (χ1) is 8.25. The Morgan fingerprint density at radius 1 is 1.35 bits per heavy atom. The quantitative estimate of drug-likeness (QED) is 0.702. The number of benzene rings is 1. The van der Waals surface area contributed by atoms with Gasteiger partial charge in [-0.25, -0.2) is 0 Å². The maximum Gasteiger partial charge on any atom is 0.125 e. The van der Waals surface area contributed by atoms with Gasteiger partial charge < -0.3 is 15.4 Å². The van der Waals surface area contributed by atoms with E-state index in [0.29, 0.717) is 11.7 Å². The molecule has 2 aromatic rings. The van der Waals surface area contributed by atoms with Crippen molar-refractivity contribution in [3.63, 3.8) is 0 Å². The number of rotatable bonds is 1. The molecule has 0 saturated heterocycles. The van der Waals surface area contributed by atoms with Gasteiger partial charge in [-0.3, -0.25) is 0 Å². The molecule has 1 aliphatic heterocycles. The van der Waals surface area contributed by atoms with Crippen LogP contribution in [-0.4, -0.2) is 23.2 Å². The highest BCUT2D eigenvalue weighted by molar-refractivity contribution is 5.97. The third-order valence-corrected chi connectivity index (χ3v) is 3.30. The fraction of sp³-hybridized carbons (Fsp3) is 0.286. The van der Waals surface area contributed by atoms with E-state index in [2.05, 4.69) is 23.3 Å². The van der Waals surface area contributed by atoms with Crippen LogP contribution in [0.15, 0.2) is 30.5 Å². The molecule has 3 nitrogen and oxygen atoms in total. The van der Waals surface area contributed by atoms with Gasteiger partial charge in [0.2, 0.25) is 0 Å². The van der Waals surface area contributed by atoms with Crippen LogP contribution < -0.4 is 5.32 Å². The average molecular weight is 228 g/mol. The number of nitrogens with one attached hydrogen (secondary N) is 2. The molecule has 0 unspecified atom stereocenters. The van der Waals surface area contributed by atoms with E-state index in [9.17, 15) is 5.11 Å².